The second-order valence-electron chi connectivity index (χ2n) is 3.11. The van der Waals surface area contributed by atoms with E-state index >= 15 is 0 Å². The summed E-state index contributed by atoms with van der Waals surface area (Å²) in [7, 11) is -2.83. The van der Waals surface area contributed by atoms with Crippen LogP contribution in [-0.2, 0) is 9.84 Å². The Labute approximate surface area is 69.9 Å². The fourth-order valence-electron chi connectivity index (χ4n) is 1.30. The first-order chi connectivity index (χ1) is 4.93. The summed E-state index contributed by atoms with van der Waals surface area (Å²) < 4.78 is 22.2. The molecule has 0 radical (unpaired) electrons. The van der Waals surface area contributed by atoms with E-state index in [0.29, 0.717) is 5.92 Å². The standard InChI is InChI=1S/C8H18O2S/c1-5-8(6-2)7(3)11(4,9)10/h7-8H,5-6H2,1-4H3. The zero-order valence-corrected chi connectivity index (χ0v) is 8.61. The zero-order chi connectivity index (χ0) is 9.07. The summed E-state index contributed by atoms with van der Waals surface area (Å²) in [5.74, 6) is 0.324. The van der Waals surface area contributed by atoms with Gasteiger partial charge in [-0.25, -0.2) is 8.42 Å². The van der Waals surface area contributed by atoms with Gasteiger partial charge in [-0.3, -0.25) is 0 Å². The van der Waals surface area contributed by atoms with E-state index in [9.17, 15) is 8.42 Å². The molecule has 0 fully saturated rings. The van der Waals surface area contributed by atoms with Crippen molar-refractivity contribution >= 4 is 9.84 Å². The van der Waals surface area contributed by atoms with Crippen molar-refractivity contribution in [3.8, 4) is 0 Å². The Morgan fingerprint density at radius 2 is 1.55 bits per heavy atom. The van der Waals surface area contributed by atoms with E-state index in [0.717, 1.165) is 12.8 Å². The van der Waals surface area contributed by atoms with E-state index < -0.39 is 9.84 Å². The van der Waals surface area contributed by atoms with E-state index in [1.54, 1.807) is 6.92 Å². The number of sulfone groups is 1. The first kappa shape index (κ1) is 11.0. The minimum absolute atomic E-state index is 0.183. The van der Waals surface area contributed by atoms with E-state index in [2.05, 4.69) is 0 Å². The molecular weight excluding hydrogens is 160 g/mol. The molecular formula is C8H18O2S. The number of hydrogen-bond acceptors (Lipinski definition) is 2. The molecule has 1 atom stereocenters. The lowest BCUT2D eigenvalue weighted by Gasteiger charge is -2.18. The van der Waals surface area contributed by atoms with Crippen LogP contribution >= 0.6 is 0 Å². The largest absolute Gasteiger partial charge is 0.229 e. The summed E-state index contributed by atoms with van der Waals surface area (Å²) >= 11 is 0. The van der Waals surface area contributed by atoms with Crippen molar-refractivity contribution in [3.63, 3.8) is 0 Å². The van der Waals surface area contributed by atoms with Crippen LogP contribution in [0.15, 0.2) is 0 Å². The van der Waals surface area contributed by atoms with Crippen molar-refractivity contribution in [3.05, 3.63) is 0 Å². The third kappa shape index (κ3) is 3.23. The summed E-state index contributed by atoms with van der Waals surface area (Å²) in [6, 6.07) is 0. The Bertz CT molecular complexity index is 190. The van der Waals surface area contributed by atoms with Crippen LogP contribution in [0.25, 0.3) is 0 Å². The van der Waals surface area contributed by atoms with Gasteiger partial charge >= 0.3 is 0 Å². The first-order valence-electron chi connectivity index (χ1n) is 4.12. The first-order valence-corrected chi connectivity index (χ1v) is 6.07. The minimum Gasteiger partial charge on any atom is -0.229 e. The van der Waals surface area contributed by atoms with Gasteiger partial charge in [0.25, 0.3) is 0 Å². The highest BCUT2D eigenvalue weighted by atomic mass is 32.2. The van der Waals surface area contributed by atoms with Crippen molar-refractivity contribution in [2.75, 3.05) is 6.26 Å². The Hall–Kier alpha value is -0.0500. The van der Waals surface area contributed by atoms with Gasteiger partial charge in [-0.15, -0.1) is 0 Å². The Balaban J connectivity index is 4.33. The van der Waals surface area contributed by atoms with Gasteiger partial charge in [0.15, 0.2) is 0 Å². The molecule has 0 heterocycles. The van der Waals surface area contributed by atoms with Gasteiger partial charge in [0.05, 0.1) is 5.25 Å². The highest BCUT2D eigenvalue weighted by Gasteiger charge is 2.22. The van der Waals surface area contributed by atoms with E-state index in [-0.39, 0.29) is 5.25 Å². The average Bonchev–Trinajstić information content (AvgIpc) is 1.88. The molecule has 0 N–H and O–H groups in total. The molecule has 0 aromatic carbocycles. The van der Waals surface area contributed by atoms with Gasteiger partial charge in [-0.2, -0.15) is 0 Å². The minimum atomic E-state index is -2.83. The van der Waals surface area contributed by atoms with Crippen LogP contribution in [0.1, 0.15) is 33.6 Å². The summed E-state index contributed by atoms with van der Waals surface area (Å²) in [6.45, 7) is 5.87. The second-order valence-corrected chi connectivity index (χ2v) is 5.51. The number of hydrogen-bond donors (Lipinski definition) is 0. The maximum Gasteiger partial charge on any atom is 0.150 e. The van der Waals surface area contributed by atoms with Crippen molar-refractivity contribution < 1.29 is 8.42 Å². The third-order valence-electron chi connectivity index (χ3n) is 2.39. The molecule has 0 amide bonds. The van der Waals surface area contributed by atoms with E-state index in [1.807, 2.05) is 13.8 Å². The lowest BCUT2D eigenvalue weighted by Crippen LogP contribution is -2.25. The van der Waals surface area contributed by atoms with Gasteiger partial charge < -0.3 is 0 Å². The fourth-order valence-corrected chi connectivity index (χ4v) is 2.39. The van der Waals surface area contributed by atoms with Crippen LogP contribution in [0.5, 0.6) is 0 Å². The molecule has 0 saturated heterocycles. The summed E-state index contributed by atoms with van der Waals surface area (Å²) in [4.78, 5) is 0. The molecule has 0 bridgehead atoms. The van der Waals surface area contributed by atoms with Crippen LogP contribution in [0.3, 0.4) is 0 Å². The van der Waals surface area contributed by atoms with Crippen LogP contribution in [0.2, 0.25) is 0 Å². The molecule has 0 aliphatic heterocycles. The van der Waals surface area contributed by atoms with Gasteiger partial charge in [0.2, 0.25) is 0 Å². The molecule has 11 heavy (non-hydrogen) atoms. The monoisotopic (exact) mass is 178 g/mol. The molecule has 0 spiro atoms. The van der Waals surface area contributed by atoms with Crippen LogP contribution in [-0.4, -0.2) is 19.9 Å². The van der Waals surface area contributed by atoms with Crippen molar-refractivity contribution in [1.82, 2.24) is 0 Å². The predicted molar refractivity (Wildman–Crippen MR) is 48.4 cm³/mol. The topological polar surface area (TPSA) is 34.1 Å². The van der Waals surface area contributed by atoms with Crippen molar-refractivity contribution in [1.29, 1.82) is 0 Å². The third-order valence-corrected chi connectivity index (χ3v) is 4.12. The van der Waals surface area contributed by atoms with Crippen molar-refractivity contribution in [2.45, 2.75) is 38.9 Å². The normalized spacial score (nSPS) is 15.4. The maximum absolute atomic E-state index is 11.1. The van der Waals surface area contributed by atoms with Gasteiger partial charge in [0.1, 0.15) is 9.84 Å². The SMILES string of the molecule is CCC(CC)C(C)S(C)(=O)=O. The summed E-state index contributed by atoms with van der Waals surface area (Å²) in [5.41, 5.74) is 0. The molecule has 2 nitrogen and oxygen atoms in total. The van der Waals surface area contributed by atoms with E-state index in [1.165, 1.54) is 6.26 Å². The van der Waals surface area contributed by atoms with Crippen LogP contribution in [0, 0.1) is 5.92 Å². The van der Waals surface area contributed by atoms with Crippen LogP contribution < -0.4 is 0 Å². The number of rotatable bonds is 4. The Kier molecular flexibility index (Phi) is 4.08. The molecule has 0 rings (SSSR count). The molecule has 0 aliphatic carbocycles. The summed E-state index contributed by atoms with van der Waals surface area (Å²) in [5, 5.41) is -0.183. The predicted octanol–water partition coefficient (Wildman–Crippen LogP) is 1.86. The van der Waals surface area contributed by atoms with Gasteiger partial charge in [-0.05, 0) is 12.8 Å². The van der Waals surface area contributed by atoms with Crippen molar-refractivity contribution in [2.24, 2.45) is 5.92 Å². The molecule has 0 saturated carbocycles. The van der Waals surface area contributed by atoms with Crippen LogP contribution in [0.4, 0.5) is 0 Å². The second kappa shape index (κ2) is 4.10. The lowest BCUT2D eigenvalue weighted by atomic mass is 10.0. The van der Waals surface area contributed by atoms with Gasteiger partial charge in [0, 0.05) is 6.26 Å². The highest BCUT2D eigenvalue weighted by Crippen LogP contribution is 2.18. The zero-order valence-electron chi connectivity index (χ0n) is 7.79. The molecule has 3 heteroatoms. The lowest BCUT2D eigenvalue weighted by molar-refractivity contribution is 0.464. The molecule has 68 valence electrons. The molecule has 0 aliphatic rings. The quantitative estimate of drug-likeness (QED) is 0.658. The van der Waals surface area contributed by atoms with Gasteiger partial charge in [-0.1, -0.05) is 26.7 Å². The average molecular weight is 178 g/mol. The smallest absolute Gasteiger partial charge is 0.150 e. The molecule has 1 unspecified atom stereocenters. The molecule has 0 aromatic rings. The molecule has 0 aromatic heterocycles. The Morgan fingerprint density at radius 1 is 1.18 bits per heavy atom. The maximum atomic E-state index is 11.1. The highest BCUT2D eigenvalue weighted by molar-refractivity contribution is 7.91. The fraction of sp³-hybridized carbons (Fsp3) is 1.00. The van der Waals surface area contributed by atoms with E-state index in [4.69, 9.17) is 0 Å². The Morgan fingerprint density at radius 3 is 1.64 bits per heavy atom. The summed E-state index contributed by atoms with van der Waals surface area (Å²) in [6.07, 6.45) is 3.21.